The van der Waals surface area contributed by atoms with Gasteiger partial charge in [0.1, 0.15) is 18.1 Å². The number of hydrogen-bond donors (Lipinski definition) is 1. The number of nitrogens with zero attached hydrogens (tertiary/aromatic N) is 1. The van der Waals surface area contributed by atoms with Crippen LogP contribution >= 0.6 is 0 Å². The van der Waals surface area contributed by atoms with Crippen LogP contribution in [0.1, 0.15) is 24.8 Å². The lowest BCUT2D eigenvalue weighted by Gasteiger charge is -2.32. The van der Waals surface area contributed by atoms with Gasteiger partial charge in [0.15, 0.2) is 0 Å². The van der Waals surface area contributed by atoms with Crippen molar-refractivity contribution >= 4 is 0 Å². The summed E-state index contributed by atoms with van der Waals surface area (Å²) in [5.41, 5.74) is 6.77. The third kappa shape index (κ3) is 3.61. The SMILES string of the molecule is COc1ccc(CN)c(OCC2CCCCN2C)c1. The predicted molar refractivity (Wildman–Crippen MR) is 76.6 cm³/mol. The van der Waals surface area contributed by atoms with E-state index in [-0.39, 0.29) is 0 Å². The molecule has 0 aliphatic carbocycles. The van der Waals surface area contributed by atoms with E-state index in [9.17, 15) is 0 Å². The number of rotatable bonds is 5. The smallest absolute Gasteiger partial charge is 0.127 e. The Labute approximate surface area is 115 Å². The fourth-order valence-electron chi connectivity index (χ4n) is 2.51. The summed E-state index contributed by atoms with van der Waals surface area (Å²) >= 11 is 0. The van der Waals surface area contributed by atoms with Gasteiger partial charge in [-0.3, -0.25) is 0 Å². The summed E-state index contributed by atoms with van der Waals surface area (Å²) in [5.74, 6) is 1.66. The van der Waals surface area contributed by atoms with Crippen LogP contribution in [0.4, 0.5) is 0 Å². The molecule has 1 atom stereocenters. The van der Waals surface area contributed by atoms with Gasteiger partial charge in [-0.2, -0.15) is 0 Å². The van der Waals surface area contributed by atoms with Crippen molar-refractivity contribution in [2.75, 3.05) is 27.3 Å². The van der Waals surface area contributed by atoms with E-state index in [1.807, 2.05) is 18.2 Å². The Balaban J connectivity index is 2.01. The molecule has 19 heavy (non-hydrogen) atoms. The number of ether oxygens (including phenoxy) is 2. The normalized spacial score (nSPS) is 20.3. The van der Waals surface area contributed by atoms with E-state index in [4.69, 9.17) is 15.2 Å². The van der Waals surface area contributed by atoms with Gasteiger partial charge in [-0.05, 0) is 32.5 Å². The first-order valence-electron chi connectivity index (χ1n) is 6.94. The molecule has 4 heteroatoms. The molecule has 1 aliphatic rings. The maximum Gasteiger partial charge on any atom is 0.127 e. The first kappa shape index (κ1) is 14.2. The second-order valence-electron chi connectivity index (χ2n) is 5.12. The molecule has 0 amide bonds. The molecule has 0 radical (unpaired) electrons. The van der Waals surface area contributed by atoms with E-state index in [0.717, 1.165) is 30.2 Å². The largest absolute Gasteiger partial charge is 0.497 e. The summed E-state index contributed by atoms with van der Waals surface area (Å²) in [5, 5.41) is 0. The molecule has 0 spiro atoms. The standard InChI is InChI=1S/C15H24N2O2/c1-17-8-4-3-5-13(17)11-19-15-9-14(18-2)7-6-12(15)10-16/h6-7,9,13H,3-5,8,10-11,16H2,1-2H3. The average Bonchev–Trinajstić information content (AvgIpc) is 2.46. The van der Waals surface area contributed by atoms with Crippen molar-refractivity contribution in [3.8, 4) is 11.5 Å². The number of nitrogens with two attached hydrogens (primary N) is 1. The van der Waals surface area contributed by atoms with Crippen LogP contribution < -0.4 is 15.2 Å². The van der Waals surface area contributed by atoms with Crippen LogP contribution in [0, 0.1) is 0 Å². The highest BCUT2D eigenvalue weighted by atomic mass is 16.5. The van der Waals surface area contributed by atoms with Gasteiger partial charge in [0.25, 0.3) is 0 Å². The number of likely N-dealkylation sites (N-methyl/N-ethyl adjacent to an activating group) is 1. The van der Waals surface area contributed by atoms with Crippen LogP contribution in [0.5, 0.6) is 11.5 Å². The Kier molecular flexibility index (Phi) is 5.05. The van der Waals surface area contributed by atoms with Gasteiger partial charge in [0.05, 0.1) is 7.11 Å². The van der Waals surface area contributed by atoms with Crippen LogP contribution in [0.3, 0.4) is 0 Å². The van der Waals surface area contributed by atoms with Crippen molar-refractivity contribution in [3.63, 3.8) is 0 Å². The van der Waals surface area contributed by atoms with E-state index in [1.165, 1.54) is 19.3 Å². The Morgan fingerprint density at radius 1 is 1.37 bits per heavy atom. The van der Waals surface area contributed by atoms with Crippen molar-refractivity contribution in [3.05, 3.63) is 23.8 Å². The van der Waals surface area contributed by atoms with Crippen LogP contribution in [-0.2, 0) is 6.54 Å². The molecule has 0 saturated carbocycles. The second kappa shape index (κ2) is 6.78. The van der Waals surface area contributed by atoms with Crippen LogP contribution in [0.25, 0.3) is 0 Å². The molecule has 106 valence electrons. The third-order valence-electron chi connectivity index (χ3n) is 3.85. The zero-order chi connectivity index (χ0) is 13.7. The van der Waals surface area contributed by atoms with E-state index in [2.05, 4.69) is 11.9 Å². The fourth-order valence-corrected chi connectivity index (χ4v) is 2.51. The Morgan fingerprint density at radius 3 is 2.89 bits per heavy atom. The highest BCUT2D eigenvalue weighted by molar-refractivity contribution is 5.40. The summed E-state index contributed by atoms with van der Waals surface area (Å²) < 4.78 is 11.2. The van der Waals surface area contributed by atoms with E-state index < -0.39 is 0 Å². The average molecular weight is 264 g/mol. The first-order chi connectivity index (χ1) is 9.24. The van der Waals surface area contributed by atoms with Crippen molar-refractivity contribution in [2.45, 2.75) is 31.8 Å². The minimum atomic E-state index is 0.486. The summed E-state index contributed by atoms with van der Waals surface area (Å²) in [4.78, 5) is 2.38. The highest BCUT2D eigenvalue weighted by Gasteiger charge is 2.19. The molecule has 2 rings (SSSR count). The zero-order valence-electron chi connectivity index (χ0n) is 11.9. The van der Waals surface area contributed by atoms with Gasteiger partial charge < -0.3 is 20.1 Å². The molecule has 1 aromatic carbocycles. The van der Waals surface area contributed by atoms with Gasteiger partial charge in [0.2, 0.25) is 0 Å². The minimum Gasteiger partial charge on any atom is -0.497 e. The monoisotopic (exact) mass is 264 g/mol. The minimum absolute atomic E-state index is 0.486. The van der Waals surface area contributed by atoms with Crippen molar-refractivity contribution < 1.29 is 9.47 Å². The maximum absolute atomic E-state index is 5.98. The number of benzene rings is 1. The number of piperidine rings is 1. The van der Waals surface area contributed by atoms with Gasteiger partial charge in [-0.25, -0.2) is 0 Å². The van der Waals surface area contributed by atoms with Crippen molar-refractivity contribution in [1.29, 1.82) is 0 Å². The number of methoxy groups -OCH3 is 1. The summed E-state index contributed by atoms with van der Waals surface area (Å²) in [6.45, 7) is 2.37. The molecule has 1 heterocycles. The lowest BCUT2D eigenvalue weighted by molar-refractivity contribution is 0.124. The molecule has 1 aromatic rings. The van der Waals surface area contributed by atoms with Crippen molar-refractivity contribution in [1.82, 2.24) is 4.90 Å². The molecule has 1 saturated heterocycles. The highest BCUT2D eigenvalue weighted by Crippen LogP contribution is 2.25. The lowest BCUT2D eigenvalue weighted by Crippen LogP contribution is -2.40. The molecule has 0 bridgehead atoms. The van der Waals surface area contributed by atoms with Crippen LogP contribution in [0.15, 0.2) is 18.2 Å². The molecule has 2 N–H and O–H groups in total. The van der Waals surface area contributed by atoms with E-state index in [0.29, 0.717) is 12.6 Å². The number of hydrogen-bond acceptors (Lipinski definition) is 4. The molecule has 4 nitrogen and oxygen atoms in total. The third-order valence-corrected chi connectivity index (χ3v) is 3.85. The molecule has 1 aliphatic heterocycles. The Hall–Kier alpha value is -1.26. The maximum atomic E-state index is 5.98. The molecule has 0 aromatic heterocycles. The lowest BCUT2D eigenvalue weighted by atomic mass is 10.0. The van der Waals surface area contributed by atoms with Crippen LogP contribution in [0.2, 0.25) is 0 Å². The molecule has 1 unspecified atom stereocenters. The molecular formula is C15H24N2O2. The van der Waals surface area contributed by atoms with E-state index >= 15 is 0 Å². The van der Waals surface area contributed by atoms with Gasteiger partial charge >= 0.3 is 0 Å². The number of likely N-dealkylation sites (tertiary alicyclic amines) is 1. The van der Waals surface area contributed by atoms with E-state index in [1.54, 1.807) is 7.11 Å². The summed E-state index contributed by atoms with van der Waals surface area (Å²) in [7, 11) is 3.83. The summed E-state index contributed by atoms with van der Waals surface area (Å²) in [6, 6.07) is 6.32. The molecular weight excluding hydrogens is 240 g/mol. The second-order valence-corrected chi connectivity index (χ2v) is 5.12. The zero-order valence-corrected chi connectivity index (χ0v) is 11.9. The predicted octanol–water partition coefficient (Wildman–Crippen LogP) is 2.02. The van der Waals surface area contributed by atoms with Gasteiger partial charge in [-0.15, -0.1) is 0 Å². The fraction of sp³-hybridized carbons (Fsp3) is 0.600. The van der Waals surface area contributed by atoms with Gasteiger partial charge in [0, 0.05) is 24.2 Å². The van der Waals surface area contributed by atoms with Crippen molar-refractivity contribution in [2.24, 2.45) is 5.73 Å². The topological polar surface area (TPSA) is 47.7 Å². The van der Waals surface area contributed by atoms with Crippen LogP contribution in [-0.4, -0.2) is 38.3 Å². The summed E-state index contributed by atoms with van der Waals surface area (Å²) in [6.07, 6.45) is 3.79. The quantitative estimate of drug-likeness (QED) is 0.884. The Bertz CT molecular complexity index is 409. The first-order valence-corrected chi connectivity index (χ1v) is 6.94. The Morgan fingerprint density at radius 2 is 2.21 bits per heavy atom. The molecule has 1 fully saturated rings. The van der Waals surface area contributed by atoms with Gasteiger partial charge in [-0.1, -0.05) is 12.5 Å².